The Kier molecular flexibility index (Phi) is 6.47. The molecule has 0 spiro atoms. The van der Waals surface area contributed by atoms with Gasteiger partial charge in [0.25, 0.3) is 0 Å². The molecule has 0 aliphatic carbocycles. The van der Waals surface area contributed by atoms with E-state index in [1.807, 2.05) is 0 Å². The van der Waals surface area contributed by atoms with Crippen molar-refractivity contribution >= 4 is 5.91 Å². The highest BCUT2D eigenvalue weighted by Gasteiger charge is 2.23. The number of amides is 1. The van der Waals surface area contributed by atoms with Crippen molar-refractivity contribution < 1.29 is 20.1 Å². The van der Waals surface area contributed by atoms with Crippen LogP contribution in [0.5, 0.6) is 0 Å². The minimum atomic E-state index is -0.910. The van der Waals surface area contributed by atoms with Gasteiger partial charge in [0, 0.05) is 25.3 Å². The lowest BCUT2D eigenvalue weighted by atomic mass is 9.93. The van der Waals surface area contributed by atoms with Crippen LogP contribution in [0, 0.1) is 5.92 Å². The van der Waals surface area contributed by atoms with Gasteiger partial charge in [0.15, 0.2) is 0 Å². The molecule has 0 bridgehead atoms. The molecular formula is C10H21NO4. The van der Waals surface area contributed by atoms with Crippen molar-refractivity contribution in [2.24, 2.45) is 5.92 Å². The van der Waals surface area contributed by atoms with Gasteiger partial charge in [-0.15, -0.1) is 0 Å². The van der Waals surface area contributed by atoms with Gasteiger partial charge in [0.2, 0.25) is 5.91 Å². The van der Waals surface area contributed by atoms with Crippen molar-refractivity contribution in [3.05, 3.63) is 0 Å². The molecule has 0 fully saturated rings. The van der Waals surface area contributed by atoms with Crippen LogP contribution in [0.3, 0.4) is 0 Å². The Morgan fingerprint density at radius 1 is 1.33 bits per heavy atom. The lowest BCUT2D eigenvalue weighted by Crippen LogP contribution is -2.41. The SMILES string of the molecule is CC(=O)N[C@@H](C)C(C)C(O)CC(O)CO. The van der Waals surface area contributed by atoms with Gasteiger partial charge in [-0.3, -0.25) is 4.79 Å². The minimum Gasteiger partial charge on any atom is -0.394 e. The smallest absolute Gasteiger partial charge is 0.217 e. The summed E-state index contributed by atoms with van der Waals surface area (Å²) in [6.07, 6.45) is -1.54. The number of hydrogen-bond acceptors (Lipinski definition) is 4. The van der Waals surface area contributed by atoms with Crippen LogP contribution in [0.2, 0.25) is 0 Å². The molecule has 0 radical (unpaired) electrons. The minimum absolute atomic E-state index is 0.113. The van der Waals surface area contributed by atoms with Gasteiger partial charge in [-0.2, -0.15) is 0 Å². The Morgan fingerprint density at radius 3 is 2.27 bits per heavy atom. The van der Waals surface area contributed by atoms with E-state index in [2.05, 4.69) is 5.32 Å². The zero-order chi connectivity index (χ0) is 12.0. The molecule has 0 saturated heterocycles. The van der Waals surface area contributed by atoms with Crippen LogP contribution in [0.25, 0.3) is 0 Å². The number of carbonyl (C=O) groups is 1. The molecule has 0 aromatic heterocycles. The average molecular weight is 219 g/mol. The van der Waals surface area contributed by atoms with Crippen LogP contribution in [-0.2, 0) is 4.79 Å². The van der Waals surface area contributed by atoms with E-state index in [-0.39, 0.29) is 30.9 Å². The summed E-state index contributed by atoms with van der Waals surface area (Å²) in [7, 11) is 0. The van der Waals surface area contributed by atoms with Crippen molar-refractivity contribution in [3.63, 3.8) is 0 Å². The summed E-state index contributed by atoms with van der Waals surface area (Å²) >= 11 is 0. The van der Waals surface area contributed by atoms with Crippen LogP contribution in [0.1, 0.15) is 27.2 Å². The first-order chi connectivity index (χ1) is 6.88. The molecular weight excluding hydrogens is 198 g/mol. The normalized spacial score (nSPS) is 19.1. The van der Waals surface area contributed by atoms with E-state index >= 15 is 0 Å². The molecule has 5 nitrogen and oxygen atoms in total. The summed E-state index contributed by atoms with van der Waals surface area (Å²) in [5.74, 6) is -0.320. The van der Waals surface area contributed by atoms with Crippen molar-refractivity contribution in [1.29, 1.82) is 0 Å². The maximum atomic E-state index is 10.8. The number of hydrogen-bond donors (Lipinski definition) is 4. The third-order valence-electron chi connectivity index (χ3n) is 2.55. The molecule has 0 aliphatic rings. The molecule has 0 heterocycles. The molecule has 4 N–H and O–H groups in total. The molecule has 15 heavy (non-hydrogen) atoms. The number of aliphatic hydroxyl groups excluding tert-OH is 3. The predicted molar refractivity (Wildman–Crippen MR) is 56.2 cm³/mol. The zero-order valence-electron chi connectivity index (χ0n) is 9.47. The van der Waals surface area contributed by atoms with Gasteiger partial charge in [-0.1, -0.05) is 6.92 Å². The number of nitrogens with one attached hydrogen (secondary N) is 1. The van der Waals surface area contributed by atoms with E-state index in [9.17, 15) is 9.90 Å². The van der Waals surface area contributed by atoms with Gasteiger partial charge < -0.3 is 20.6 Å². The van der Waals surface area contributed by atoms with E-state index in [0.29, 0.717) is 0 Å². The number of rotatable bonds is 6. The maximum absolute atomic E-state index is 10.8. The van der Waals surface area contributed by atoms with Crippen molar-refractivity contribution in [3.8, 4) is 0 Å². The van der Waals surface area contributed by atoms with Crippen molar-refractivity contribution in [2.75, 3.05) is 6.61 Å². The number of carbonyl (C=O) groups excluding carboxylic acids is 1. The third-order valence-corrected chi connectivity index (χ3v) is 2.55. The summed E-state index contributed by atoms with van der Waals surface area (Å²) in [4.78, 5) is 10.8. The molecule has 3 unspecified atom stereocenters. The van der Waals surface area contributed by atoms with E-state index in [1.54, 1.807) is 13.8 Å². The Labute approximate surface area is 90.1 Å². The van der Waals surface area contributed by atoms with Crippen LogP contribution in [0.4, 0.5) is 0 Å². The van der Waals surface area contributed by atoms with Crippen LogP contribution in [-0.4, -0.2) is 46.1 Å². The Hall–Kier alpha value is -0.650. The fourth-order valence-electron chi connectivity index (χ4n) is 1.35. The molecule has 0 aromatic carbocycles. The molecule has 0 rings (SSSR count). The molecule has 5 heteroatoms. The highest BCUT2D eigenvalue weighted by atomic mass is 16.3. The average Bonchev–Trinajstić information content (AvgIpc) is 2.15. The molecule has 0 aliphatic heterocycles. The van der Waals surface area contributed by atoms with Crippen LogP contribution < -0.4 is 5.32 Å². The van der Waals surface area contributed by atoms with Gasteiger partial charge >= 0.3 is 0 Å². The fraction of sp³-hybridized carbons (Fsp3) is 0.900. The predicted octanol–water partition coefficient (Wildman–Crippen LogP) is -0.749. The second kappa shape index (κ2) is 6.76. The third kappa shape index (κ3) is 5.71. The number of aliphatic hydroxyl groups is 3. The molecule has 4 atom stereocenters. The topological polar surface area (TPSA) is 89.8 Å². The van der Waals surface area contributed by atoms with Crippen molar-refractivity contribution in [1.82, 2.24) is 5.32 Å². The quantitative estimate of drug-likeness (QED) is 0.473. The van der Waals surface area contributed by atoms with Gasteiger partial charge in [0.1, 0.15) is 0 Å². The first-order valence-electron chi connectivity index (χ1n) is 5.12. The summed E-state index contributed by atoms with van der Waals surface area (Å²) in [6.45, 7) is 4.63. The second-order valence-electron chi connectivity index (χ2n) is 3.99. The highest BCUT2D eigenvalue weighted by Crippen LogP contribution is 2.13. The highest BCUT2D eigenvalue weighted by molar-refractivity contribution is 5.73. The molecule has 0 aromatic rings. The first-order valence-corrected chi connectivity index (χ1v) is 5.12. The molecule has 0 saturated carbocycles. The Balaban J connectivity index is 4.06. The van der Waals surface area contributed by atoms with Crippen molar-refractivity contribution in [2.45, 2.75) is 45.4 Å². The largest absolute Gasteiger partial charge is 0.394 e. The summed E-state index contributed by atoms with van der Waals surface area (Å²) in [5.41, 5.74) is 0. The Bertz CT molecular complexity index is 198. The molecule has 90 valence electrons. The van der Waals surface area contributed by atoms with Gasteiger partial charge in [0.05, 0.1) is 18.8 Å². The summed E-state index contributed by atoms with van der Waals surface area (Å²) in [5, 5.41) is 30.1. The molecule has 1 amide bonds. The summed E-state index contributed by atoms with van der Waals surface area (Å²) in [6, 6.07) is -0.164. The lowest BCUT2D eigenvalue weighted by molar-refractivity contribution is -0.120. The van der Waals surface area contributed by atoms with Gasteiger partial charge in [-0.05, 0) is 6.92 Å². The van der Waals surface area contributed by atoms with E-state index < -0.39 is 12.2 Å². The van der Waals surface area contributed by atoms with E-state index in [0.717, 1.165) is 0 Å². The Morgan fingerprint density at radius 2 is 1.87 bits per heavy atom. The van der Waals surface area contributed by atoms with Crippen LogP contribution >= 0.6 is 0 Å². The first kappa shape index (κ1) is 14.3. The standard InChI is InChI=1S/C10H21NO4/c1-6(7(2)11-8(3)13)10(15)4-9(14)5-12/h6-7,9-10,12,14-15H,4-5H2,1-3H3,(H,11,13)/t6?,7-,9?,10?/m0/s1. The van der Waals surface area contributed by atoms with E-state index in [1.165, 1.54) is 6.92 Å². The van der Waals surface area contributed by atoms with E-state index in [4.69, 9.17) is 10.2 Å². The fourth-order valence-corrected chi connectivity index (χ4v) is 1.35. The zero-order valence-corrected chi connectivity index (χ0v) is 9.47. The maximum Gasteiger partial charge on any atom is 0.217 e. The monoisotopic (exact) mass is 219 g/mol. The summed E-state index contributed by atoms with van der Waals surface area (Å²) < 4.78 is 0. The lowest BCUT2D eigenvalue weighted by Gasteiger charge is -2.26. The van der Waals surface area contributed by atoms with Crippen LogP contribution in [0.15, 0.2) is 0 Å². The second-order valence-corrected chi connectivity index (χ2v) is 3.99. The van der Waals surface area contributed by atoms with Gasteiger partial charge in [-0.25, -0.2) is 0 Å².